The topological polar surface area (TPSA) is 35.2 Å². The fourth-order valence-corrected chi connectivity index (χ4v) is 2.06. The van der Waals surface area contributed by atoms with E-state index in [9.17, 15) is 0 Å². The lowest BCUT2D eigenvalue weighted by molar-refractivity contribution is 0.410. The monoisotopic (exact) mass is 221 g/mol. The van der Waals surface area contributed by atoms with Crippen LogP contribution in [0.2, 0.25) is 0 Å². The molecule has 0 aliphatic carbocycles. The van der Waals surface area contributed by atoms with Gasteiger partial charge in [0.15, 0.2) is 0 Å². The zero-order valence-electron chi connectivity index (χ0n) is 11.1. The average Bonchev–Trinajstić information content (AvgIpc) is 2.28. The Bertz CT molecular complexity index is 371. The SMILES string of the molecule is COc1cc(C)c(CC(C)CN)c(C)c1C. The van der Waals surface area contributed by atoms with Crippen LogP contribution in [0.1, 0.15) is 29.2 Å². The van der Waals surface area contributed by atoms with E-state index >= 15 is 0 Å². The minimum Gasteiger partial charge on any atom is -0.496 e. The van der Waals surface area contributed by atoms with Crippen LogP contribution in [0.15, 0.2) is 6.07 Å². The number of rotatable bonds is 4. The van der Waals surface area contributed by atoms with Crippen molar-refractivity contribution in [2.45, 2.75) is 34.1 Å². The van der Waals surface area contributed by atoms with Crippen LogP contribution in [0.4, 0.5) is 0 Å². The zero-order chi connectivity index (χ0) is 12.3. The fourth-order valence-electron chi connectivity index (χ4n) is 2.06. The van der Waals surface area contributed by atoms with Crippen LogP contribution in [-0.4, -0.2) is 13.7 Å². The molecule has 0 heterocycles. The summed E-state index contributed by atoms with van der Waals surface area (Å²) in [5, 5.41) is 0. The lowest BCUT2D eigenvalue weighted by atomic mass is 9.90. The molecule has 0 saturated heterocycles. The van der Waals surface area contributed by atoms with E-state index < -0.39 is 0 Å². The smallest absolute Gasteiger partial charge is 0.122 e. The molecule has 1 rings (SSSR count). The Kier molecular flexibility index (Phi) is 4.36. The predicted molar refractivity (Wildman–Crippen MR) is 69.1 cm³/mol. The molecule has 0 aromatic heterocycles. The average molecular weight is 221 g/mol. The summed E-state index contributed by atoms with van der Waals surface area (Å²) in [6, 6.07) is 2.13. The van der Waals surface area contributed by atoms with Crippen LogP contribution in [0, 0.1) is 26.7 Å². The molecule has 1 unspecified atom stereocenters. The maximum absolute atomic E-state index is 5.69. The van der Waals surface area contributed by atoms with Crippen LogP contribution < -0.4 is 10.5 Å². The largest absolute Gasteiger partial charge is 0.496 e. The van der Waals surface area contributed by atoms with E-state index in [-0.39, 0.29) is 0 Å². The molecule has 2 nitrogen and oxygen atoms in total. The van der Waals surface area contributed by atoms with Gasteiger partial charge in [-0.25, -0.2) is 0 Å². The second kappa shape index (κ2) is 5.35. The summed E-state index contributed by atoms with van der Waals surface area (Å²) in [7, 11) is 1.73. The van der Waals surface area contributed by atoms with Gasteiger partial charge in [-0.3, -0.25) is 0 Å². The lowest BCUT2D eigenvalue weighted by Gasteiger charge is -2.18. The summed E-state index contributed by atoms with van der Waals surface area (Å²) < 4.78 is 5.37. The van der Waals surface area contributed by atoms with Gasteiger partial charge in [0.2, 0.25) is 0 Å². The molecule has 1 aromatic carbocycles. The Labute approximate surface area is 98.8 Å². The minimum atomic E-state index is 0.533. The Morgan fingerprint density at radius 1 is 1.25 bits per heavy atom. The summed E-state index contributed by atoms with van der Waals surface area (Å²) in [6.45, 7) is 9.36. The Hall–Kier alpha value is -1.02. The fraction of sp³-hybridized carbons (Fsp3) is 0.571. The van der Waals surface area contributed by atoms with Crippen molar-refractivity contribution >= 4 is 0 Å². The predicted octanol–water partition coefficient (Wildman–Crippen LogP) is 2.76. The Morgan fingerprint density at radius 2 is 1.88 bits per heavy atom. The highest BCUT2D eigenvalue weighted by Crippen LogP contribution is 2.28. The van der Waals surface area contributed by atoms with Crippen molar-refractivity contribution in [1.82, 2.24) is 0 Å². The number of ether oxygens (including phenoxy) is 1. The Morgan fingerprint density at radius 3 is 2.38 bits per heavy atom. The molecule has 0 fully saturated rings. The molecule has 0 radical (unpaired) electrons. The summed E-state index contributed by atoms with van der Waals surface area (Å²) in [5.41, 5.74) is 11.0. The van der Waals surface area contributed by atoms with Gasteiger partial charge in [0.05, 0.1) is 7.11 Å². The van der Waals surface area contributed by atoms with E-state index in [1.165, 1.54) is 22.3 Å². The molecule has 0 bridgehead atoms. The maximum Gasteiger partial charge on any atom is 0.122 e. The molecule has 0 aliphatic heterocycles. The van der Waals surface area contributed by atoms with Crippen molar-refractivity contribution in [3.8, 4) is 5.75 Å². The summed E-state index contributed by atoms with van der Waals surface area (Å²) in [5.74, 6) is 1.52. The van der Waals surface area contributed by atoms with Gasteiger partial charge >= 0.3 is 0 Å². The van der Waals surface area contributed by atoms with Crippen molar-refractivity contribution in [3.63, 3.8) is 0 Å². The van der Waals surface area contributed by atoms with Crippen molar-refractivity contribution in [1.29, 1.82) is 0 Å². The number of benzene rings is 1. The number of hydrogen-bond donors (Lipinski definition) is 1. The molecule has 0 aliphatic rings. The molecule has 90 valence electrons. The van der Waals surface area contributed by atoms with E-state index in [0.717, 1.165) is 18.7 Å². The second-order valence-electron chi connectivity index (χ2n) is 4.67. The van der Waals surface area contributed by atoms with Crippen LogP contribution >= 0.6 is 0 Å². The Balaban J connectivity index is 3.15. The van der Waals surface area contributed by atoms with Gasteiger partial charge in [0.25, 0.3) is 0 Å². The summed E-state index contributed by atoms with van der Waals surface area (Å²) >= 11 is 0. The standard InChI is InChI=1S/C14H23NO/c1-9(8-15)6-13-10(2)7-14(16-5)12(4)11(13)3/h7,9H,6,8,15H2,1-5H3. The van der Waals surface area contributed by atoms with E-state index in [0.29, 0.717) is 5.92 Å². The first kappa shape index (κ1) is 13.0. The van der Waals surface area contributed by atoms with Gasteiger partial charge in [-0.2, -0.15) is 0 Å². The highest BCUT2D eigenvalue weighted by Gasteiger charge is 2.12. The summed E-state index contributed by atoms with van der Waals surface area (Å²) in [4.78, 5) is 0. The number of aryl methyl sites for hydroxylation is 1. The maximum atomic E-state index is 5.69. The molecular formula is C14H23NO. The van der Waals surface area contributed by atoms with Crippen molar-refractivity contribution in [2.24, 2.45) is 11.7 Å². The first-order valence-electron chi connectivity index (χ1n) is 5.85. The lowest BCUT2D eigenvalue weighted by Crippen LogP contribution is -2.15. The molecule has 0 spiro atoms. The van der Waals surface area contributed by atoms with Gasteiger partial charge in [0, 0.05) is 0 Å². The molecule has 0 amide bonds. The third-order valence-corrected chi connectivity index (χ3v) is 3.38. The summed E-state index contributed by atoms with van der Waals surface area (Å²) in [6.07, 6.45) is 1.05. The van der Waals surface area contributed by atoms with Gasteiger partial charge in [0.1, 0.15) is 5.75 Å². The molecule has 2 N–H and O–H groups in total. The van der Waals surface area contributed by atoms with Crippen LogP contribution in [0.5, 0.6) is 5.75 Å². The molecule has 2 heteroatoms. The molecule has 1 atom stereocenters. The van der Waals surface area contributed by atoms with Crippen LogP contribution in [0.3, 0.4) is 0 Å². The van der Waals surface area contributed by atoms with Gasteiger partial charge in [-0.1, -0.05) is 6.92 Å². The number of methoxy groups -OCH3 is 1. The highest BCUT2D eigenvalue weighted by atomic mass is 16.5. The van der Waals surface area contributed by atoms with Gasteiger partial charge in [-0.05, 0) is 68.0 Å². The van der Waals surface area contributed by atoms with E-state index in [1.807, 2.05) is 0 Å². The quantitative estimate of drug-likeness (QED) is 0.848. The van der Waals surface area contributed by atoms with Crippen molar-refractivity contribution in [2.75, 3.05) is 13.7 Å². The van der Waals surface area contributed by atoms with E-state index in [4.69, 9.17) is 10.5 Å². The van der Waals surface area contributed by atoms with Crippen molar-refractivity contribution < 1.29 is 4.74 Å². The van der Waals surface area contributed by atoms with Gasteiger partial charge < -0.3 is 10.5 Å². The highest BCUT2D eigenvalue weighted by molar-refractivity contribution is 5.48. The normalized spacial score (nSPS) is 12.6. The van der Waals surface area contributed by atoms with Crippen LogP contribution in [-0.2, 0) is 6.42 Å². The third kappa shape index (κ3) is 2.56. The third-order valence-electron chi connectivity index (χ3n) is 3.38. The van der Waals surface area contributed by atoms with E-state index in [2.05, 4.69) is 33.8 Å². The second-order valence-corrected chi connectivity index (χ2v) is 4.67. The van der Waals surface area contributed by atoms with E-state index in [1.54, 1.807) is 7.11 Å². The molecule has 0 saturated carbocycles. The number of nitrogens with two attached hydrogens (primary N) is 1. The first-order valence-corrected chi connectivity index (χ1v) is 5.85. The molecular weight excluding hydrogens is 198 g/mol. The molecule has 16 heavy (non-hydrogen) atoms. The van der Waals surface area contributed by atoms with Crippen molar-refractivity contribution in [3.05, 3.63) is 28.3 Å². The minimum absolute atomic E-state index is 0.533. The van der Waals surface area contributed by atoms with Crippen LogP contribution in [0.25, 0.3) is 0 Å². The molecule has 1 aromatic rings. The first-order chi connectivity index (χ1) is 7.51. The van der Waals surface area contributed by atoms with Gasteiger partial charge in [-0.15, -0.1) is 0 Å². The zero-order valence-corrected chi connectivity index (χ0v) is 11.1. The number of hydrogen-bond acceptors (Lipinski definition) is 2.